The molecule has 0 saturated heterocycles. The molecule has 0 aliphatic heterocycles. The Balaban J connectivity index is 1.69. The van der Waals surface area contributed by atoms with Crippen LogP contribution in [0.4, 0.5) is 5.69 Å². The van der Waals surface area contributed by atoms with Crippen molar-refractivity contribution in [1.29, 1.82) is 0 Å². The van der Waals surface area contributed by atoms with E-state index >= 15 is 0 Å². The molecule has 0 unspecified atom stereocenters. The molecule has 0 aliphatic carbocycles. The van der Waals surface area contributed by atoms with Crippen LogP contribution in [0.2, 0.25) is 0 Å². The number of amides is 1. The first-order valence-electron chi connectivity index (χ1n) is 7.43. The third-order valence-electron chi connectivity index (χ3n) is 3.05. The molecular formula is C18H18BrNO4. The largest absolute Gasteiger partial charge is 0.490 e. The van der Waals surface area contributed by atoms with Crippen molar-refractivity contribution in [3.63, 3.8) is 0 Å². The second kappa shape index (κ2) is 9.08. The van der Waals surface area contributed by atoms with Crippen molar-refractivity contribution >= 4 is 33.5 Å². The fraction of sp³-hybridized carbons (Fsp3) is 0.222. The van der Waals surface area contributed by atoms with Crippen molar-refractivity contribution in [3.05, 3.63) is 58.6 Å². The molecule has 2 aromatic carbocycles. The van der Waals surface area contributed by atoms with Gasteiger partial charge in [-0.2, -0.15) is 0 Å². The van der Waals surface area contributed by atoms with Crippen molar-refractivity contribution in [2.24, 2.45) is 0 Å². The molecule has 0 atom stereocenters. The van der Waals surface area contributed by atoms with Crippen LogP contribution in [0.15, 0.2) is 53.0 Å². The van der Waals surface area contributed by atoms with Crippen molar-refractivity contribution in [3.8, 4) is 5.75 Å². The second-order valence-electron chi connectivity index (χ2n) is 5.08. The summed E-state index contributed by atoms with van der Waals surface area (Å²) in [4.78, 5) is 22.7. The van der Waals surface area contributed by atoms with E-state index in [1.165, 1.54) is 6.92 Å². The number of anilines is 1. The molecular weight excluding hydrogens is 374 g/mol. The summed E-state index contributed by atoms with van der Waals surface area (Å²) in [6.07, 6.45) is 0.179. The summed E-state index contributed by atoms with van der Waals surface area (Å²) in [5.74, 6) is 0.275. The van der Waals surface area contributed by atoms with Gasteiger partial charge in [-0.3, -0.25) is 9.59 Å². The van der Waals surface area contributed by atoms with Gasteiger partial charge in [0.15, 0.2) is 0 Å². The molecule has 5 nitrogen and oxygen atoms in total. The van der Waals surface area contributed by atoms with Gasteiger partial charge >= 0.3 is 5.97 Å². The van der Waals surface area contributed by atoms with E-state index in [2.05, 4.69) is 21.2 Å². The van der Waals surface area contributed by atoms with Gasteiger partial charge in [-0.15, -0.1) is 0 Å². The molecule has 24 heavy (non-hydrogen) atoms. The summed E-state index contributed by atoms with van der Waals surface area (Å²) in [6, 6.07) is 14.5. The van der Waals surface area contributed by atoms with Crippen molar-refractivity contribution in [1.82, 2.24) is 0 Å². The van der Waals surface area contributed by atoms with Crippen LogP contribution in [-0.4, -0.2) is 25.1 Å². The Morgan fingerprint density at radius 1 is 1.00 bits per heavy atom. The molecule has 1 amide bonds. The number of nitrogens with one attached hydrogen (secondary N) is 1. The molecule has 0 saturated carbocycles. The van der Waals surface area contributed by atoms with Gasteiger partial charge in [-0.25, -0.2) is 0 Å². The van der Waals surface area contributed by atoms with Crippen LogP contribution in [0.25, 0.3) is 0 Å². The zero-order valence-corrected chi connectivity index (χ0v) is 14.8. The molecule has 0 radical (unpaired) electrons. The molecule has 1 N–H and O–H groups in total. The smallest absolute Gasteiger partial charge is 0.310 e. The Kier molecular flexibility index (Phi) is 6.81. The highest BCUT2D eigenvalue weighted by Crippen LogP contribution is 2.16. The lowest BCUT2D eigenvalue weighted by atomic mass is 10.1. The predicted molar refractivity (Wildman–Crippen MR) is 95.0 cm³/mol. The van der Waals surface area contributed by atoms with Crippen LogP contribution in [-0.2, 0) is 20.7 Å². The monoisotopic (exact) mass is 391 g/mol. The first kappa shape index (κ1) is 18.0. The van der Waals surface area contributed by atoms with E-state index in [9.17, 15) is 9.59 Å². The van der Waals surface area contributed by atoms with Crippen LogP contribution in [0, 0.1) is 0 Å². The zero-order chi connectivity index (χ0) is 17.4. The minimum absolute atomic E-state index is 0.132. The highest BCUT2D eigenvalue weighted by atomic mass is 79.9. The molecule has 2 rings (SSSR count). The summed E-state index contributed by atoms with van der Waals surface area (Å²) in [7, 11) is 0. The van der Waals surface area contributed by atoms with E-state index in [0.717, 1.165) is 15.8 Å². The minimum atomic E-state index is -0.318. The second-order valence-corrected chi connectivity index (χ2v) is 5.99. The quantitative estimate of drug-likeness (QED) is 0.578. The molecule has 6 heteroatoms. The molecule has 0 bridgehead atoms. The van der Waals surface area contributed by atoms with Gasteiger partial charge in [-0.05, 0) is 42.0 Å². The third-order valence-corrected chi connectivity index (χ3v) is 3.58. The first-order valence-corrected chi connectivity index (χ1v) is 8.23. The van der Waals surface area contributed by atoms with Crippen LogP contribution in [0.3, 0.4) is 0 Å². The van der Waals surface area contributed by atoms with Gasteiger partial charge in [0.2, 0.25) is 5.91 Å². The summed E-state index contributed by atoms with van der Waals surface area (Å²) in [5.41, 5.74) is 1.52. The van der Waals surface area contributed by atoms with Crippen molar-refractivity contribution < 1.29 is 19.1 Å². The summed E-state index contributed by atoms with van der Waals surface area (Å²) >= 11 is 3.35. The zero-order valence-electron chi connectivity index (χ0n) is 13.3. The normalized spacial score (nSPS) is 10.1. The van der Waals surface area contributed by atoms with Crippen LogP contribution in [0.1, 0.15) is 12.5 Å². The van der Waals surface area contributed by atoms with Crippen LogP contribution >= 0.6 is 15.9 Å². The lowest BCUT2D eigenvalue weighted by molar-refractivity contribution is -0.143. The Hall–Kier alpha value is -2.34. The fourth-order valence-electron chi connectivity index (χ4n) is 1.97. The highest BCUT2D eigenvalue weighted by molar-refractivity contribution is 9.10. The predicted octanol–water partition coefficient (Wildman–Crippen LogP) is 3.57. The molecule has 0 spiro atoms. The SMILES string of the molecule is CC(=O)Nc1ccc(CC(=O)OCCOc2ccc(Br)cc2)cc1. The van der Waals surface area contributed by atoms with Gasteiger partial charge in [0.1, 0.15) is 19.0 Å². The van der Waals surface area contributed by atoms with Gasteiger partial charge in [0, 0.05) is 17.1 Å². The number of ether oxygens (including phenoxy) is 2. The summed E-state index contributed by atoms with van der Waals surface area (Å²) in [6.45, 7) is 1.94. The van der Waals surface area contributed by atoms with E-state index in [-0.39, 0.29) is 24.9 Å². The molecule has 0 aromatic heterocycles. The minimum Gasteiger partial charge on any atom is -0.490 e. The van der Waals surface area contributed by atoms with E-state index < -0.39 is 0 Å². The molecule has 0 fully saturated rings. The van der Waals surface area contributed by atoms with E-state index in [1.807, 2.05) is 24.3 Å². The molecule has 0 aliphatic rings. The van der Waals surface area contributed by atoms with Crippen LogP contribution < -0.4 is 10.1 Å². The first-order chi connectivity index (χ1) is 11.5. The fourth-order valence-corrected chi connectivity index (χ4v) is 2.24. The Labute approximate surface area is 149 Å². The Morgan fingerprint density at radius 2 is 1.67 bits per heavy atom. The third kappa shape index (κ3) is 6.42. The van der Waals surface area contributed by atoms with E-state index in [0.29, 0.717) is 12.3 Å². The maximum Gasteiger partial charge on any atom is 0.310 e. The maximum absolute atomic E-state index is 11.8. The highest BCUT2D eigenvalue weighted by Gasteiger charge is 2.05. The maximum atomic E-state index is 11.8. The molecule has 0 heterocycles. The van der Waals surface area contributed by atoms with E-state index in [4.69, 9.17) is 9.47 Å². The Morgan fingerprint density at radius 3 is 2.29 bits per heavy atom. The molecule has 2 aromatic rings. The number of carbonyl (C=O) groups is 2. The van der Waals surface area contributed by atoms with Gasteiger partial charge in [0.05, 0.1) is 6.42 Å². The number of carbonyl (C=O) groups excluding carboxylic acids is 2. The average molecular weight is 392 g/mol. The van der Waals surface area contributed by atoms with Gasteiger partial charge in [-0.1, -0.05) is 28.1 Å². The lowest BCUT2D eigenvalue weighted by Crippen LogP contribution is -2.14. The number of hydrogen-bond donors (Lipinski definition) is 1. The van der Waals surface area contributed by atoms with Crippen molar-refractivity contribution in [2.75, 3.05) is 18.5 Å². The lowest BCUT2D eigenvalue weighted by Gasteiger charge is -2.08. The number of rotatable bonds is 7. The average Bonchev–Trinajstić information content (AvgIpc) is 2.55. The topological polar surface area (TPSA) is 64.6 Å². The van der Waals surface area contributed by atoms with E-state index in [1.54, 1.807) is 24.3 Å². The number of hydrogen-bond acceptors (Lipinski definition) is 4. The number of halogens is 1. The standard InChI is InChI=1S/C18H18BrNO4/c1-13(21)20-16-6-2-14(3-7-16)12-18(22)24-11-10-23-17-8-4-15(19)5-9-17/h2-9H,10-12H2,1H3,(H,20,21). The van der Waals surface area contributed by atoms with Gasteiger partial charge in [0.25, 0.3) is 0 Å². The Bertz CT molecular complexity index is 683. The van der Waals surface area contributed by atoms with Crippen LogP contribution in [0.5, 0.6) is 5.75 Å². The molecule has 126 valence electrons. The van der Waals surface area contributed by atoms with Gasteiger partial charge < -0.3 is 14.8 Å². The summed E-state index contributed by atoms with van der Waals surface area (Å²) < 4.78 is 11.6. The summed E-state index contributed by atoms with van der Waals surface area (Å²) in [5, 5.41) is 2.67. The van der Waals surface area contributed by atoms with Crippen molar-refractivity contribution in [2.45, 2.75) is 13.3 Å². The number of benzene rings is 2. The number of esters is 1.